The number of benzene rings is 1. The van der Waals surface area contributed by atoms with Gasteiger partial charge in [-0.2, -0.15) is 13.2 Å². The van der Waals surface area contributed by atoms with Crippen molar-refractivity contribution in [3.8, 4) is 0 Å². The number of nitrogens with zero attached hydrogens (tertiary/aromatic N) is 1. The van der Waals surface area contributed by atoms with Gasteiger partial charge in [-0.1, -0.05) is 18.2 Å². The van der Waals surface area contributed by atoms with Gasteiger partial charge in [-0.15, -0.1) is 0 Å². The van der Waals surface area contributed by atoms with Gasteiger partial charge in [-0.25, -0.2) is 0 Å². The van der Waals surface area contributed by atoms with Gasteiger partial charge < -0.3 is 5.32 Å². The third-order valence-electron chi connectivity index (χ3n) is 4.39. The van der Waals surface area contributed by atoms with Gasteiger partial charge in [0, 0.05) is 24.4 Å². The number of pyridine rings is 1. The van der Waals surface area contributed by atoms with E-state index in [1.165, 1.54) is 12.1 Å². The summed E-state index contributed by atoms with van der Waals surface area (Å²) < 4.78 is 37.9. The maximum absolute atomic E-state index is 12.6. The van der Waals surface area contributed by atoms with Crippen LogP contribution in [-0.4, -0.2) is 17.4 Å². The molecule has 1 amide bonds. The molecule has 0 bridgehead atoms. The standard InChI is InChI=1S/C18H17F3N2O/c19-18(20,21)15-5-3-14(4-6-15)17(7-8-17)12-23-16(24)10-13-2-1-9-22-11-13/h1-6,9,11H,7-8,10,12H2,(H,23,24). The number of amides is 1. The summed E-state index contributed by atoms with van der Waals surface area (Å²) in [5, 5.41) is 2.89. The molecule has 1 N–H and O–H groups in total. The third-order valence-corrected chi connectivity index (χ3v) is 4.39. The summed E-state index contributed by atoms with van der Waals surface area (Å²) >= 11 is 0. The minimum atomic E-state index is -4.33. The number of aromatic nitrogens is 1. The molecule has 6 heteroatoms. The number of nitrogens with one attached hydrogen (secondary N) is 1. The number of carbonyl (C=O) groups is 1. The summed E-state index contributed by atoms with van der Waals surface area (Å²) in [6.45, 7) is 0.442. The summed E-state index contributed by atoms with van der Waals surface area (Å²) in [5.74, 6) is -0.110. The Morgan fingerprint density at radius 2 is 1.88 bits per heavy atom. The minimum absolute atomic E-state index is 0.110. The molecule has 0 radical (unpaired) electrons. The van der Waals surface area contributed by atoms with Gasteiger partial charge in [0.05, 0.1) is 12.0 Å². The third kappa shape index (κ3) is 3.75. The molecule has 1 heterocycles. The number of hydrogen-bond donors (Lipinski definition) is 1. The number of halogens is 3. The highest BCUT2D eigenvalue weighted by atomic mass is 19.4. The van der Waals surface area contributed by atoms with Gasteiger partial charge in [0.2, 0.25) is 5.91 Å². The highest BCUT2D eigenvalue weighted by Crippen LogP contribution is 2.48. The second-order valence-electron chi connectivity index (χ2n) is 6.17. The Balaban J connectivity index is 1.59. The Bertz CT molecular complexity index is 707. The largest absolute Gasteiger partial charge is 0.416 e. The van der Waals surface area contributed by atoms with Gasteiger partial charge in [-0.05, 0) is 42.2 Å². The molecule has 126 valence electrons. The molecule has 0 aliphatic heterocycles. The van der Waals surface area contributed by atoms with Gasteiger partial charge in [-0.3, -0.25) is 9.78 Å². The normalized spacial score (nSPS) is 15.8. The molecule has 1 aromatic carbocycles. The maximum atomic E-state index is 12.6. The predicted octanol–water partition coefficient (Wildman–Crippen LogP) is 3.49. The zero-order chi connectivity index (χ0) is 17.2. The van der Waals surface area contributed by atoms with E-state index in [1.54, 1.807) is 18.5 Å². The fourth-order valence-electron chi connectivity index (χ4n) is 2.75. The number of rotatable bonds is 5. The lowest BCUT2D eigenvalue weighted by molar-refractivity contribution is -0.137. The van der Waals surface area contributed by atoms with Gasteiger partial charge in [0.25, 0.3) is 0 Å². The molecule has 3 nitrogen and oxygen atoms in total. The van der Waals surface area contributed by atoms with Crippen LogP contribution in [0.4, 0.5) is 13.2 Å². The molecule has 0 spiro atoms. The molecule has 1 fully saturated rings. The molecule has 1 saturated carbocycles. The first-order valence-corrected chi connectivity index (χ1v) is 7.72. The fraction of sp³-hybridized carbons (Fsp3) is 0.333. The van der Waals surface area contributed by atoms with E-state index in [2.05, 4.69) is 10.3 Å². The smallest absolute Gasteiger partial charge is 0.355 e. The zero-order valence-corrected chi connectivity index (χ0v) is 12.9. The second kappa shape index (κ2) is 6.26. The van der Waals surface area contributed by atoms with E-state index in [0.717, 1.165) is 36.1 Å². The van der Waals surface area contributed by atoms with Crippen LogP contribution >= 0.6 is 0 Å². The van der Waals surface area contributed by atoms with Crippen LogP contribution in [0, 0.1) is 0 Å². The first-order valence-electron chi connectivity index (χ1n) is 7.72. The average Bonchev–Trinajstić information content (AvgIpc) is 3.35. The van der Waals surface area contributed by atoms with E-state index in [-0.39, 0.29) is 17.7 Å². The Morgan fingerprint density at radius 3 is 2.42 bits per heavy atom. The molecule has 0 saturated heterocycles. The highest BCUT2D eigenvalue weighted by Gasteiger charge is 2.44. The summed E-state index contributed by atoms with van der Waals surface area (Å²) in [6, 6.07) is 8.84. The number of hydrogen-bond acceptors (Lipinski definition) is 2. The van der Waals surface area contributed by atoms with Crippen molar-refractivity contribution >= 4 is 5.91 Å². The quantitative estimate of drug-likeness (QED) is 0.909. The lowest BCUT2D eigenvalue weighted by Crippen LogP contribution is -2.33. The predicted molar refractivity (Wildman–Crippen MR) is 83.3 cm³/mol. The SMILES string of the molecule is O=C(Cc1cccnc1)NCC1(c2ccc(C(F)(F)F)cc2)CC1. The van der Waals surface area contributed by atoms with Crippen LogP contribution in [0.2, 0.25) is 0 Å². The topological polar surface area (TPSA) is 42.0 Å². The summed E-state index contributed by atoms with van der Waals surface area (Å²) in [4.78, 5) is 16.0. The Kier molecular flexibility index (Phi) is 4.30. The maximum Gasteiger partial charge on any atom is 0.416 e. The van der Waals surface area contributed by atoms with Crippen molar-refractivity contribution in [3.05, 3.63) is 65.5 Å². The van der Waals surface area contributed by atoms with Crippen molar-refractivity contribution in [2.45, 2.75) is 30.9 Å². The molecule has 0 atom stereocenters. The van der Waals surface area contributed by atoms with Crippen molar-refractivity contribution in [1.82, 2.24) is 10.3 Å². The Hall–Kier alpha value is -2.37. The minimum Gasteiger partial charge on any atom is -0.355 e. The first kappa shape index (κ1) is 16.5. The molecule has 2 aromatic rings. The van der Waals surface area contributed by atoms with Crippen LogP contribution in [0.3, 0.4) is 0 Å². The van der Waals surface area contributed by atoms with Crippen LogP contribution < -0.4 is 5.32 Å². The van der Waals surface area contributed by atoms with Crippen molar-refractivity contribution in [3.63, 3.8) is 0 Å². The first-order chi connectivity index (χ1) is 11.4. The van der Waals surface area contributed by atoms with E-state index >= 15 is 0 Å². The van der Waals surface area contributed by atoms with Crippen LogP contribution in [0.25, 0.3) is 0 Å². The summed E-state index contributed by atoms with van der Waals surface area (Å²) in [6.07, 6.45) is 0.939. The van der Waals surface area contributed by atoms with E-state index in [0.29, 0.717) is 6.54 Å². The van der Waals surface area contributed by atoms with Crippen molar-refractivity contribution < 1.29 is 18.0 Å². The van der Waals surface area contributed by atoms with E-state index in [1.807, 2.05) is 6.07 Å². The summed E-state index contributed by atoms with van der Waals surface area (Å²) in [5.41, 5.74) is 0.795. The van der Waals surface area contributed by atoms with Gasteiger partial charge in [0.1, 0.15) is 0 Å². The van der Waals surface area contributed by atoms with Crippen molar-refractivity contribution in [2.75, 3.05) is 6.54 Å². The molecular formula is C18H17F3N2O. The van der Waals surface area contributed by atoms with Crippen LogP contribution in [0.1, 0.15) is 29.5 Å². The van der Waals surface area contributed by atoms with Crippen molar-refractivity contribution in [2.24, 2.45) is 0 Å². The van der Waals surface area contributed by atoms with Crippen LogP contribution in [0.15, 0.2) is 48.8 Å². The monoisotopic (exact) mass is 334 g/mol. The second-order valence-corrected chi connectivity index (χ2v) is 6.17. The van der Waals surface area contributed by atoms with E-state index in [9.17, 15) is 18.0 Å². The van der Waals surface area contributed by atoms with Crippen LogP contribution in [0.5, 0.6) is 0 Å². The highest BCUT2D eigenvalue weighted by molar-refractivity contribution is 5.78. The van der Waals surface area contributed by atoms with E-state index < -0.39 is 11.7 Å². The molecule has 24 heavy (non-hydrogen) atoms. The molecule has 1 aliphatic rings. The molecule has 0 unspecified atom stereocenters. The number of carbonyl (C=O) groups excluding carboxylic acids is 1. The molecule has 3 rings (SSSR count). The van der Waals surface area contributed by atoms with Crippen LogP contribution in [-0.2, 0) is 22.8 Å². The average molecular weight is 334 g/mol. The fourth-order valence-corrected chi connectivity index (χ4v) is 2.75. The Morgan fingerprint density at radius 1 is 1.17 bits per heavy atom. The number of alkyl halides is 3. The lowest BCUT2D eigenvalue weighted by atomic mass is 9.94. The lowest BCUT2D eigenvalue weighted by Gasteiger charge is -2.17. The van der Waals surface area contributed by atoms with Gasteiger partial charge >= 0.3 is 6.18 Å². The molecular weight excluding hydrogens is 317 g/mol. The molecule has 1 aliphatic carbocycles. The Labute approximate surface area is 137 Å². The van der Waals surface area contributed by atoms with Crippen molar-refractivity contribution in [1.29, 1.82) is 0 Å². The molecule has 1 aromatic heterocycles. The van der Waals surface area contributed by atoms with E-state index in [4.69, 9.17) is 0 Å². The van der Waals surface area contributed by atoms with Gasteiger partial charge in [0.15, 0.2) is 0 Å². The zero-order valence-electron chi connectivity index (χ0n) is 12.9. The summed E-state index contributed by atoms with van der Waals surface area (Å²) in [7, 11) is 0.